The monoisotopic (exact) mass is 294 g/mol. The number of rotatable bonds is 6. The summed E-state index contributed by atoms with van der Waals surface area (Å²) in [6.45, 7) is 6.23. The third-order valence-corrected chi connectivity index (χ3v) is 4.28. The van der Waals surface area contributed by atoms with Crippen LogP contribution < -0.4 is 5.32 Å². The summed E-state index contributed by atoms with van der Waals surface area (Å²) >= 11 is 6.04. The van der Waals surface area contributed by atoms with Crippen molar-refractivity contribution in [1.29, 1.82) is 0 Å². The molecule has 1 atom stereocenters. The first kappa shape index (κ1) is 14.2. The Morgan fingerprint density at radius 3 is 2.80 bits per heavy atom. The maximum absolute atomic E-state index is 6.04. The topological polar surface area (TPSA) is 41.1 Å². The number of halogens is 1. The molecule has 0 radical (unpaired) electrons. The third-order valence-electron chi connectivity index (χ3n) is 4.09. The van der Waals surface area contributed by atoms with Crippen LogP contribution in [0.5, 0.6) is 0 Å². The molecule has 4 nitrogen and oxygen atoms in total. The quantitative estimate of drug-likeness (QED) is 0.818. The first-order chi connectivity index (χ1) is 9.69. The predicted molar refractivity (Wildman–Crippen MR) is 80.8 cm³/mol. The van der Waals surface area contributed by atoms with E-state index in [1.807, 2.05) is 13.0 Å². The SMILES string of the molecule is Cc1cc(Cl)nc(CN(CC2CC2)CC2CCCN2)n1. The van der Waals surface area contributed by atoms with Gasteiger partial charge in [0.15, 0.2) is 0 Å². The summed E-state index contributed by atoms with van der Waals surface area (Å²) in [5.41, 5.74) is 0.949. The number of nitrogens with one attached hydrogen (secondary N) is 1. The van der Waals surface area contributed by atoms with Crippen molar-refractivity contribution in [2.24, 2.45) is 5.92 Å². The van der Waals surface area contributed by atoms with Gasteiger partial charge in [0.05, 0.1) is 6.54 Å². The lowest BCUT2D eigenvalue weighted by Crippen LogP contribution is -2.38. The fourth-order valence-electron chi connectivity index (χ4n) is 2.95. The summed E-state index contributed by atoms with van der Waals surface area (Å²) in [4.78, 5) is 11.4. The molecule has 0 spiro atoms. The van der Waals surface area contributed by atoms with Gasteiger partial charge in [-0.25, -0.2) is 9.97 Å². The van der Waals surface area contributed by atoms with E-state index in [9.17, 15) is 0 Å². The molecule has 3 rings (SSSR count). The lowest BCUT2D eigenvalue weighted by Gasteiger charge is -2.25. The summed E-state index contributed by atoms with van der Waals surface area (Å²) < 4.78 is 0. The summed E-state index contributed by atoms with van der Waals surface area (Å²) in [5, 5.41) is 4.13. The average Bonchev–Trinajstić information content (AvgIpc) is 3.02. The molecule has 1 saturated heterocycles. The number of aromatic nitrogens is 2. The molecule has 1 aliphatic carbocycles. The molecule has 1 aromatic rings. The van der Waals surface area contributed by atoms with Crippen LogP contribution in [0.2, 0.25) is 5.15 Å². The molecule has 2 aliphatic rings. The molecule has 20 heavy (non-hydrogen) atoms. The van der Waals surface area contributed by atoms with E-state index >= 15 is 0 Å². The molecule has 110 valence electrons. The van der Waals surface area contributed by atoms with Crippen LogP contribution in [0.3, 0.4) is 0 Å². The van der Waals surface area contributed by atoms with Crippen LogP contribution in [0.25, 0.3) is 0 Å². The van der Waals surface area contributed by atoms with E-state index in [2.05, 4.69) is 20.2 Å². The molecule has 2 fully saturated rings. The van der Waals surface area contributed by atoms with Crippen LogP contribution in [-0.4, -0.2) is 40.5 Å². The average molecular weight is 295 g/mol. The van der Waals surface area contributed by atoms with E-state index in [1.54, 1.807) is 0 Å². The van der Waals surface area contributed by atoms with Gasteiger partial charge in [0.25, 0.3) is 0 Å². The Bertz CT molecular complexity index is 435. The maximum Gasteiger partial charge on any atom is 0.144 e. The fraction of sp³-hybridized carbons (Fsp3) is 0.733. The number of aryl methyl sites for hydroxylation is 1. The Balaban J connectivity index is 1.64. The van der Waals surface area contributed by atoms with E-state index in [4.69, 9.17) is 11.6 Å². The van der Waals surface area contributed by atoms with Crippen LogP contribution in [0, 0.1) is 12.8 Å². The highest BCUT2D eigenvalue weighted by Gasteiger charge is 2.27. The molecule has 1 aromatic heterocycles. The van der Waals surface area contributed by atoms with Crippen molar-refractivity contribution in [1.82, 2.24) is 20.2 Å². The van der Waals surface area contributed by atoms with Crippen molar-refractivity contribution in [2.45, 2.75) is 45.2 Å². The molecule has 1 saturated carbocycles. The van der Waals surface area contributed by atoms with Gasteiger partial charge in [-0.15, -0.1) is 0 Å². The predicted octanol–water partition coefficient (Wildman–Crippen LogP) is 2.40. The van der Waals surface area contributed by atoms with Gasteiger partial charge in [-0.1, -0.05) is 11.6 Å². The lowest BCUT2D eigenvalue weighted by molar-refractivity contribution is 0.226. The molecule has 5 heteroatoms. The van der Waals surface area contributed by atoms with Crippen LogP contribution in [0.4, 0.5) is 0 Å². The van der Waals surface area contributed by atoms with Gasteiger partial charge < -0.3 is 5.32 Å². The minimum absolute atomic E-state index is 0.554. The van der Waals surface area contributed by atoms with Gasteiger partial charge in [-0.05, 0) is 51.1 Å². The largest absolute Gasteiger partial charge is 0.313 e. The molecule has 0 bridgehead atoms. The van der Waals surface area contributed by atoms with Crippen molar-refractivity contribution >= 4 is 11.6 Å². The van der Waals surface area contributed by atoms with E-state index in [1.165, 1.54) is 32.2 Å². The first-order valence-corrected chi connectivity index (χ1v) is 8.02. The van der Waals surface area contributed by atoms with Gasteiger partial charge in [0.2, 0.25) is 0 Å². The highest BCUT2D eigenvalue weighted by atomic mass is 35.5. The van der Waals surface area contributed by atoms with Crippen LogP contribution in [-0.2, 0) is 6.54 Å². The Morgan fingerprint density at radius 1 is 1.30 bits per heavy atom. The maximum atomic E-state index is 6.04. The molecule has 0 amide bonds. The Labute approximate surface area is 125 Å². The second-order valence-electron chi connectivity index (χ2n) is 6.18. The molecule has 0 aromatic carbocycles. The minimum Gasteiger partial charge on any atom is -0.313 e. The van der Waals surface area contributed by atoms with Gasteiger partial charge in [0.1, 0.15) is 11.0 Å². The molecule has 1 unspecified atom stereocenters. The molecule has 1 aliphatic heterocycles. The van der Waals surface area contributed by atoms with Crippen molar-refractivity contribution < 1.29 is 0 Å². The second-order valence-corrected chi connectivity index (χ2v) is 6.57. The summed E-state index contributed by atoms with van der Waals surface area (Å²) in [6.07, 6.45) is 5.35. The third kappa shape index (κ3) is 4.14. The van der Waals surface area contributed by atoms with Crippen molar-refractivity contribution in [3.05, 3.63) is 22.7 Å². The molecule has 1 N–H and O–H groups in total. The Kier molecular flexibility index (Phi) is 4.54. The van der Waals surface area contributed by atoms with Crippen LogP contribution in [0.1, 0.15) is 37.2 Å². The normalized spacial score (nSPS) is 22.6. The highest BCUT2D eigenvalue weighted by molar-refractivity contribution is 6.29. The van der Waals surface area contributed by atoms with Gasteiger partial charge in [-0.2, -0.15) is 0 Å². The summed E-state index contributed by atoms with van der Waals surface area (Å²) in [7, 11) is 0. The first-order valence-electron chi connectivity index (χ1n) is 7.65. The minimum atomic E-state index is 0.554. The van der Waals surface area contributed by atoms with E-state index in [0.717, 1.165) is 37.1 Å². The number of nitrogens with zero attached hydrogens (tertiary/aromatic N) is 3. The summed E-state index contributed by atoms with van der Waals surface area (Å²) in [5.74, 6) is 1.74. The zero-order valence-corrected chi connectivity index (χ0v) is 12.9. The second kappa shape index (κ2) is 6.37. The fourth-order valence-corrected chi connectivity index (χ4v) is 3.21. The van der Waals surface area contributed by atoms with Crippen molar-refractivity contribution in [2.75, 3.05) is 19.6 Å². The Hall–Kier alpha value is -0.710. The van der Waals surface area contributed by atoms with Crippen molar-refractivity contribution in [3.8, 4) is 0 Å². The zero-order valence-electron chi connectivity index (χ0n) is 12.1. The highest BCUT2D eigenvalue weighted by Crippen LogP contribution is 2.30. The zero-order chi connectivity index (χ0) is 13.9. The number of hydrogen-bond acceptors (Lipinski definition) is 4. The van der Waals surface area contributed by atoms with Crippen LogP contribution >= 0.6 is 11.6 Å². The van der Waals surface area contributed by atoms with E-state index < -0.39 is 0 Å². The standard InChI is InChI=1S/C15H23ClN4/c1-11-7-14(16)19-15(18-11)10-20(8-12-4-5-12)9-13-3-2-6-17-13/h7,12-13,17H,2-6,8-10H2,1H3. The van der Waals surface area contributed by atoms with Gasteiger partial charge in [-0.3, -0.25) is 4.90 Å². The van der Waals surface area contributed by atoms with Crippen LogP contribution in [0.15, 0.2) is 6.07 Å². The van der Waals surface area contributed by atoms with Crippen molar-refractivity contribution in [3.63, 3.8) is 0 Å². The van der Waals surface area contributed by atoms with E-state index in [0.29, 0.717) is 11.2 Å². The molecular formula is C15H23ClN4. The molecule has 2 heterocycles. The number of hydrogen-bond donors (Lipinski definition) is 1. The molecular weight excluding hydrogens is 272 g/mol. The van der Waals surface area contributed by atoms with Gasteiger partial charge >= 0.3 is 0 Å². The Morgan fingerprint density at radius 2 is 2.15 bits per heavy atom. The summed E-state index contributed by atoms with van der Waals surface area (Å²) in [6, 6.07) is 2.45. The smallest absolute Gasteiger partial charge is 0.144 e. The van der Waals surface area contributed by atoms with E-state index in [-0.39, 0.29) is 0 Å². The lowest BCUT2D eigenvalue weighted by atomic mass is 10.2. The van der Waals surface area contributed by atoms with Gasteiger partial charge in [0, 0.05) is 24.8 Å².